The number of aromatic carboxylic acids is 1. The Morgan fingerprint density at radius 2 is 1.83 bits per heavy atom. The molecule has 0 aliphatic heterocycles. The van der Waals surface area contributed by atoms with Crippen LogP contribution in [0.5, 0.6) is 17.4 Å². The lowest BCUT2D eigenvalue weighted by molar-refractivity contribution is 0.0697. The minimum Gasteiger partial charge on any atom is -0.493 e. The van der Waals surface area contributed by atoms with Gasteiger partial charge >= 0.3 is 5.97 Å². The second kappa shape index (κ2) is 6.78. The molecule has 0 fully saturated rings. The molecule has 6 heteroatoms. The summed E-state index contributed by atoms with van der Waals surface area (Å²) in [6, 6.07) is 15.3. The van der Waals surface area contributed by atoms with Crippen molar-refractivity contribution in [1.29, 1.82) is 0 Å². The van der Waals surface area contributed by atoms with Crippen LogP contribution in [0.3, 0.4) is 0 Å². The Labute approximate surface area is 138 Å². The maximum Gasteiger partial charge on any atom is 0.335 e. The van der Waals surface area contributed by atoms with E-state index in [1.54, 1.807) is 43.6 Å². The number of carboxylic acid groups (broad SMARTS) is 1. The predicted octanol–water partition coefficient (Wildman–Crippen LogP) is 3.64. The molecular weight excluding hydrogens is 308 g/mol. The Morgan fingerprint density at radius 1 is 1.04 bits per heavy atom. The Hall–Kier alpha value is -3.41. The van der Waals surface area contributed by atoms with Gasteiger partial charge in [0.05, 0.1) is 12.7 Å². The van der Waals surface area contributed by atoms with E-state index in [-0.39, 0.29) is 5.56 Å². The predicted molar refractivity (Wildman–Crippen MR) is 87.5 cm³/mol. The molecule has 0 bridgehead atoms. The molecule has 0 saturated heterocycles. The van der Waals surface area contributed by atoms with Crippen molar-refractivity contribution in [1.82, 2.24) is 9.97 Å². The first kappa shape index (κ1) is 15.5. The molecule has 6 nitrogen and oxygen atoms in total. The molecule has 0 aliphatic carbocycles. The van der Waals surface area contributed by atoms with Gasteiger partial charge in [0.25, 0.3) is 0 Å². The van der Waals surface area contributed by atoms with E-state index in [9.17, 15) is 4.79 Å². The lowest BCUT2D eigenvalue weighted by atomic mass is 10.1. The number of ether oxygens (including phenoxy) is 2. The lowest BCUT2D eigenvalue weighted by Crippen LogP contribution is -1.98. The van der Waals surface area contributed by atoms with E-state index < -0.39 is 5.97 Å². The molecule has 0 amide bonds. The molecule has 0 atom stereocenters. The molecule has 0 spiro atoms. The molecule has 24 heavy (non-hydrogen) atoms. The number of benzene rings is 2. The van der Waals surface area contributed by atoms with Crippen molar-refractivity contribution in [3.05, 3.63) is 66.4 Å². The molecule has 0 aliphatic rings. The largest absolute Gasteiger partial charge is 0.493 e. The van der Waals surface area contributed by atoms with Gasteiger partial charge in [-0.15, -0.1) is 0 Å². The number of aromatic nitrogens is 2. The van der Waals surface area contributed by atoms with Crippen LogP contribution >= 0.6 is 0 Å². The van der Waals surface area contributed by atoms with E-state index in [0.29, 0.717) is 28.8 Å². The van der Waals surface area contributed by atoms with Crippen LogP contribution in [0, 0.1) is 0 Å². The van der Waals surface area contributed by atoms with Crippen molar-refractivity contribution in [2.45, 2.75) is 0 Å². The maximum atomic E-state index is 11.1. The summed E-state index contributed by atoms with van der Waals surface area (Å²) in [6.45, 7) is 0. The summed E-state index contributed by atoms with van der Waals surface area (Å²) in [5.74, 6) is 0.837. The topological polar surface area (TPSA) is 81.5 Å². The first-order valence-corrected chi connectivity index (χ1v) is 7.15. The number of hydrogen-bond acceptors (Lipinski definition) is 5. The lowest BCUT2D eigenvalue weighted by Gasteiger charge is -2.09. The molecule has 0 saturated carbocycles. The van der Waals surface area contributed by atoms with Gasteiger partial charge in [0, 0.05) is 17.8 Å². The zero-order chi connectivity index (χ0) is 16.9. The van der Waals surface area contributed by atoms with Gasteiger partial charge in [-0.1, -0.05) is 24.3 Å². The zero-order valence-electron chi connectivity index (χ0n) is 12.8. The Kier molecular flexibility index (Phi) is 4.38. The van der Waals surface area contributed by atoms with Crippen LogP contribution in [0.15, 0.2) is 60.8 Å². The minimum atomic E-state index is -1.00. The number of rotatable bonds is 5. The van der Waals surface area contributed by atoms with E-state index in [0.717, 1.165) is 0 Å². The van der Waals surface area contributed by atoms with E-state index in [4.69, 9.17) is 14.6 Å². The van der Waals surface area contributed by atoms with E-state index in [1.165, 1.54) is 12.1 Å². The van der Waals surface area contributed by atoms with Crippen LogP contribution < -0.4 is 9.47 Å². The number of methoxy groups -OCH3 is 1. The van der Waals surface area contributed by atoms with Crippen molar-refractivity contribution in [2.24, 2.45) is 0 Å². The van der Waals surface area contributed by atoms with Crippen LogP contribution in [0.25, 0.3) is 11.4 Å². The van der Waals surface area contributed by atoms with Crippen LogP contribution in [-0.4, -0.2) is 28.2 Å². The van der Waals surface area contributed by atoms with E-state index >= 15 is 0 Å². The van der Waals surface area contributed by atoms with Gasteiger partial charge in [-0.25, -0.2) is 9.78 Å². The Morgan fingerprint density at radius 3 is 2.58 bits per heavy atom. The normalized spacial score (nSPS) is 10.2. The molecule has 2 aromatic carbocycles. The summed E-state index contributed by atoms with van der Waals surface area (Å²) in [5.41, 5.74) is 0.771. The third-order valence-corrected chi connectivity index (χ3v) is 3.28. The highest BCUT2D eigenvalue weighted by molar-refractivity contribution is 5.89. The molecule has 3 rings (SSSR count). The van der Waals surface area contributed by atoms with Crippen molar-refractivity contribution in [3.63, 3.8) is 0 Å². The summed E-state index contributed by atoms with van der Waals surface area (Å²) in [5, 5.41) is 9.08. The highest BCUT2D eigenvalue weighted by atomic mass is 16.5. The molecular formula is C18H14N2O4. The average molecular weight is 322 g/mol. The number of hydrogen-bond donors (Lipinski definition) is 1. The Balaban J connectivity index is 1.92. The number of carboxylic acids is 1. The van der Waals surface area contributed by atoms with Crippen LogP contribution in [0.4, 0.5) is 0 Å². The van der Waals surface area contributed by atoms with E-state index in [2.05, 4.69) is 9.97 Å². The molecule has 120 valence electrons. The number of carbonyl (C=O) groups is 1. The first-order chi connectivity index (χ1) is 11.7. The SMILES string of the molecule is COc1ccccc1Oc1ccnc(-c2cccc(C(=O)O)c2)n1. The van der Waals surface area contributed by atoms with Gasteiger partial charge in [0.2, 0.25) is 5.88 Å². The smallest absolute Gasteiger partial charge is 0.335 e. The zero-order valence-corrected chi connectivity index (χ0v) is 12.8. The van der Waals surface area contributed by atoms with E-state index in [1.807, 2.05) is 12.1 Å². The van der Waals surface area contributed by atoms with Gasteiger partial charge < -0.3 is 14.6 Å². The minimum absolute atomic E-state index is 0.173. The summed E-state index contributed by atoms with van der Waals surface area (Å²) >= 11 is 0. The highest BCUT2D eigenvalue weighted by Gasteiger charge is 2.10. The number of para-hydroxylation sites is 2. The molecule has 3 aromatic rings. The van der Waals surface area contributed by atoms with Gasteiger partial charge in [-0.05, 0) is 24.3 Å². The van der Waals surface area contributed by atoms with Crippen molar-refractivity contribution in [3.8, 4) is 28.8 Å². The summed E-state index contributed by atoms with van der Waals surface area (Å²) in [7, 11) is 1.56. The third-order valence-electron chi connectivity index (χ3n) is 3.28. The fourth-order valence-electron chi connectivity index (χ4n) is 2.15. The molecule has 0 radical (unpaired) electrons. The first-order valence-electron chi connectivity index (χ1n) is 7.15. The number of nitrogens with zero attached hydrogens (tertiary/aromatic N) is 2. The van der Waals surface area contributed by atoms with Gasteiger partial charge in [-0.2, -0.15) is 4.98 Å². The third kappa shape index (κ3) is 3.33. The second-order valence-electron chi connectivity index (χ2n) is 4.86. The van der Waals surface area contributed by atoms with Crippen LogP contribution in [0.1, 0.15) is 10.4 Å². The second-order valence-corrected chi connectivity index (χ2v) is 4.86. The standard InChI is InChI=1S/C18H14N2O4/c1-23-14-7-2-3-8-15(14)24-16-9-10-19-17(20-16)12-5-4-6-13(11-12)18(21)22/h2-11H,1H3,(H,21,22). The summed E-state index contributed by atoms with van der Waals surface area (Å²) in [6.07, 6.45) is 1.56. The average Bonchev–Trinajstić information content (AvgIpc) is 2.62. The van der Waals surface area contributed by atoms with Gasteiger partial charge in [-0.3, -0.25) is 0 Å². The van der Waals surface area contributed by atoms with Crippen LogP contribution in [0.2, 0.25) is 0 Å². The maximum absolute atomic E-state index is 11.1. The van der Waals surface area contributed by atoms with Crippen molar-refractivity contribution in [2.75, 3.05) is 7.11 Å². The molecule has 1 heterocycles. The van der Waals surface area contributed by atoms with Crippen LogP contribution in [-0.2, 0) is 0 Å². The van der Waals surface area contributed by atoms with Gasteiger partial charge in [0.1, 0.15) is 0 Å². The summed E-state index contributed by atoms with van der Waals surface area (Å²) in [4.78, 5) is 19.6. The fraction of sp³-hybridized carbons (Fsp3) is 0.0556. The van der Waals surface area contributed by atoms with Crippen molar-refractivity contribution < 1.29 is 19.4 Å². The molecule has 1 N–H and O–H groups in total. The quantitative estimate of drug-likeness (QED) is 0.772. The van der Waals surface area contributed by atoms with Gasteiger partial charge in [0.15, 0.2) is 17.3 Å². The summed E-state index contributed by atoms with van der Waals surface area (Å²) < 4.78 is 11.0. The highest BCUT2D eigenvalue weighted by Crippen LogP contribution is 2.30. The Bertz CT molecular complexity index is 880. The van der Waals surface area contributed by atoms with Crippen molar-refractivity contribution >= 4 is 5.97 Å². The molecule has 0 unspecified atom stereocenters. The molecule has 1 aromatic heterocycles. The monoisotopic (exact) mass is 322 g/mol. The fourth-order valence-corrected chi connectivity index (χ4v) is 2.15.